The van der Waals surface area contributed by atoms with E-state index in [1.807, 2.05) is 4.90 Å². The van der Waals surface area contributed by atoms with Crippen molar-refractivity contribution in [1.29, 1.82) is 0 Å². The van der Waals surface area contributed by atoms with Crippen molar-refractivity contribution in [2.24, 2.45) is 0 Å². The van der Waals surface area contributed by atoms with Crippen molar-refractivity contribution in [2.75, 3.05) is 13.1 Å². The van der Waals surface area contributed by atoms with E-state index in [1.54, 1.807) is 18.2 Å². The van der Waals surface area contributed by atoms with E-state index in [4.69, 9.17) is 0 Å². The minimum absolute atomic E-state index is 0.0281. The van der Waals surface area contributed by atoms with Crippen LogP contribution >= 0.6 is 0 Å². The molecule has 1 N–H and O–H groups in total. The lowest BCUT2D eigenvalue weighted by atomic mass is 10.1. The summed E-state index contributed by atoms with van der Waals surface area (Å²) in [6.07, 6.45) is 3.33. The minimum atomic E-state index is -2.88. The number of amides is 1. The quantitative estimate of drug-likeness (QED) is 0.927. The predicted octanol–water partition coefficient (Wildman–Crippen LogP) is 2.18. The molecular weight excluding hydrogens is 290 g/mol. The van der Waals surface area contributed by atoms with Gasteiger partial charge in [0.25, 0.3) is 0 Å². The molecule has 0 spiro atoms. The first-order valence-corrected chi connectivity index (χ1v) is 7.68. The highest BCUT2D eigenvalue weighted by Crippen LogP contribution is 2.24. The van der Waals surface area contributed by atoms with Crippen molar-refractivity contribution in [1.82, 2.24) is 10.2 Å². The molecule has 2 saturated heterocycles. The molecule has 2 fully saturated rings. The summed E-state index contributed by atoms with van der Waals surface area (Å²) >= 11 is 0. The van der Waals surface area contributed by atoms with Gasteiger partial charge in [-0.25, -0.2) is 0 Å². The summed E-state index contributed by atoms with van der Waals surface area (Å²) in [6.45, 7) is -1.45. The first-order valence-electron chi connectivity index (χ1n) is 7.68. The monoisotopic (exact) mass is 310 g/mol. The standard InChI is InChI=1S/C16H20F2N2O2/c17-16(18)22-14-4-2-1-3-11(14)9-15(21)20-8-7-12-5-6-13(10-20)19-12/h1-4,12-13,16,19H,5-10H2. The Morgan fingerprint density at radius 3 is 2.86 bits per heavy atom. The van der Waals surface area contributed by atoms with E-state index in [-0.39, 0.29) is 18.1 Å². The number of carbonyl (C=O) groups excluding carboxylic acids is 1. The van der Waals surface area contributed by atoms with Crippen molar-refractivity contribution in [3.05, 3.63) is 29.8 Å². The molecule has 120 valence electrons. The minimum Gasteiger partial charge on any atom is -0.435 e. The van der Waals surface area contributed by atoms with Gasteiger partial charge < -0.3 is 15.0 Å². The molecule has 1 aromatic carbocycles. The van der Waals surface area contributed by atoms with Gasteiger partial charge in [-0.05, 0) is 25.3 Å². The molecule has 2 heterocycles. The normalized spacial score (nSPS) is 24.4. The van der Waals surface area contributed by atoms with Crippen LogP contribution in [0.15, 0.2) is 24.3 Å². The molecular formula is C16H20F2N2O2. The number of alkyl halides is 2. The van der Waals surface area contributed by atoms with Gasteiger partial charge in [-0.1, -0.05) is 18.2 Å². The Kier molecular flexibility index (Phi) is 4.57. The van der Waals surface area contributed by atoms with Gasteiger partial charge in [-0.15, -0.1) is 0 Å². The van der Waals surface area contributed by atoms with E-state index in [0.717, 1.165) is 19.4 Å². The Balaban J connectivity index is 1.66. The topological polar surface area (TPSA) is 41.6 Å². The summed E-state index contributed by atoms with van der Waals surface area (Å²) in [6, 6.07) is 7.37. The van der Waals surface area contributed by atoms with Gasteiger partial charge in [0.05, 0.1) is 6.42 Å². The van der Waals surface area contributed by atoms with Crippen LogP contribution in [0.1, 0.15) is 24.8 Å². The fourth-order valence-corrected chi connectivity index (χ4v) is 3.31. The van der Waals surface area contributed by atoms with Crippen LogP contribution in [0, 0.1) is 0 Å². The second-order valence-corrected chi connectivity index (χ2v) is 5.93. The highest BCUT2D eigenvalue weighted by Gasteiger charge is 2.31. The molecule has 3 rings (SSSR count). The molecule has 6 heteroatoms. The number of hydrogen-bond donors (Lipinski definition) is 1. The van der Waals surface area contributed by atoms with Gasteiger partial charge in [0.2, 0.25) is 5.91 Å². The van der Waals surface area contributed by atoms with Crippen molar-refractivity contribution in [3.8, 4) is 5.75 Å². The number of carbonyl (C=O) groups is 1. The fourth-order valence-electron chi connectivity index (χ4n) is 3.31. The lowest BCUT2D eigenvalue weighted by Crippen LogP contribution is -2.39. The Hall–Kier alpha value is -1.69. The summed E-state index contributed by atoms with van der Waals surface area (Å²) in [5.41, 5.74) is 0.509. The first-order chi connectivity index (χ1) is 10.6. The SMILES string of the molecule is O=C(Cc1ccccc1OC(F)F)N1CCC2CCC(C1)N2. The molecule has 0 radical (unpaired) electrons. The van der Waals surface area contributed by atoms with Crippen LogP contribution in [0.4, 0.5) is 8.78 Å². The van der Waals surface area contributed by atoms with Gasteiger partial charge in [-0.3, -0.25) is 4.79 Å². The van der Waals surface area contributed by atoms with Crippen molar-refractivity contribution in [3.63, 3.8) is 0 Å². The van der Waals surface area contributed by atoms with E-state index < -0.39 is 6.61 Å². The zero-order chi connectivity index (χ0) is 15.5. The van der Waals surface area contributed by atoms with E-state index in [0.29, 0.717) is 24.2 Å². The van der Waals surface area contributed by atoms with Crippen LogP contribution in [0.5, 0.6) is 5.75 Å². The molecule has 4 nitrogen and oxygen atoms in total. The van der Waals surface area contributed by atoms with E-state index in [9.17, 15) is 13.6 Å². The average Bonchev–Trinajstić information content (AvgIpc) is 2.79. The number of likely N-dealkylation sites (tertiary alicyclic amines) is 1. The fraction of sp³-hybridized carbons (Fsp3) is 0.562. The Morgan fingerprint density at radius 1 is 1.27 bits per heavy atom. The molecule has 22 heavy (non-hydrogen) atoms. The Bertz CT molecular complexity index is 539. The largest absolute Gasteiger partial charge is 0.435 e. The van der Waals surface area contributed by atoms with Crippen LogP contribution in [-0.4, -0.2) is 42.6 Å². The highest BCUT2D eigenvalue weighted by atomic mass is 19.3. The maximum atomic E-state index is 12.5. The van der Waals surface area contributed by atoms with Crippen LogP contribution in [0.2, 0.25) is 0 Å². The maximum Gasteiger partial charge on any atom is 0.387 e. The summed E-state index contributed by atoms with van der Waals surface area (Å²) in [5, 5.41) is 3.52. The number of ether oxygens (including phenoxy) is 1. The first kappa shape index (κ1) is 15.2. The van der Waals surface area contributed by atoms with Gasteiger partial charge in [-0.2, -0.15) is 8.78 Å². The zero-order valence-corrected chi connectivity index (χ0v) is 12.3. The maximum absolute atomic E-state index is 12.5. The van der Waals surface area contributed by atoms with Gasteiger partial charge in [0, 0.05) is 30.7 Å². The smallest absolute Gasteiger partial charge is 0.387 e. The number of halogens is 2. The molecule has 2 aliphatic heterocycles. The van der Waals surface area contributed by atoms with Crippen LogP contribution < -0.4 is 10.1 Å². The lowest BCUT2D eigenvalue weighted by molar-refractivity contribution is -0.130. The van der Waals surface area contributed by atoms with E-state index in [2.05, 4.69) is 10.1 Å². The lowest BCUT2D eigenvalue weighted by Gasteiger charge is -2.24. The third-order valence-corrected chi connectivity index (χ3v) is 4.41. The number of hydrogen-bond acceptors (Lipinski definition) is 3. The van der Waals surface area contributed by atoms with E-state index in [1.165, 1.54) is 12.5 Å². The number of rotatable bonds is 4. The van der Waals surface area contributed by atoms with Gasteiger partial charge in [0.15, 0.2) is 0 Å². The van der Waals surface area contributed by atoms with Crippen LogP contribution in [0.3, 0.4) is 0 Å². The molecule has 0 saturated carbocycles. The second kappa shape index (κ2) is 6.60. The molecule has 2 aliphatic rings. The molecule has 2 atom stereocenters. The number of nitrogens with zero attached hydrogens (tertiary/aromatic N) is 1. The third-order valence-electron chi connectivity index (χ3n) is 4.41. The van der Waals surface area contributed by atoms with E-state index >= 15 is 0 Å². The summed E-state index contributed by atoms with van der Waals surface area (Å²) in [5.74, 6) is 0.0555. The van der Waals surface area contributed by atoms with Crippen molar-refractivity contribution >= 4 is 5.91 Å². The number of fused-ring (bicyclic) bond motifs is 2. The Labute approximate surface area is 128 Å². The van der Waals surface area contributed by atoms with Gasteiger partial charge in [0.1, 0.15) is 5.75 Å². The number of nitrogens with one attached hydrogen (secondary N) is 1. The second-order valence-electron chi connectivity index (χ2n) is 5.93. The highest BCUT2D eigenvalue weighted by molar-refractivity contribution is 5.79. The third kappa shape index (κ3) is 3.55. The summed E-state index contributed by atoms with van der Waals surface area (Å²) < 4.78 is 29.3. The molecule has 1 aromatic rings. The molecule has 1 amide bonds. The summed E-state index contributed by atoms with van der Waals surface area (Å²) in [7, 11) is 0. The average molecular weight is 310 g/mol. The summed E-state index contributed by atoms with van der Waals surface area (Å²) in [4.78, 5) is 14.3. The van der Waals surface area contributed by atoms with Crippen LogP contribution in [0.25, 0.3) is 0 Å². The molecule has 2 bridgehead atoms. The zero-order valence-electron chi connectivity index (χ0n) is 12.3. The number of para-hydroxylation sites is 1. The molecule has 2 unspecified atom stereocenters. The molecule has 0 aromatic heterocycles. The van der Waals surface area contributed by atoms with Crippen molar-refractivity contribution in [2.45, 2.75) is 44.4 Å². The van der Waals surface area contributed by atoms with Gasteiger partial charge >= 0.3 is 6.61 Å². The molecule has 0 aliphatic carbocycles. The predicted molar refractivity (Wildman–Crippen MR) is 77.9 cm³/mol. The van der Waals surface area contributed by atoms with Crippen LogP contribution in [-0.2, 0) is 11.2 Å². The Morgan fingerprint density at radius 2 is 2.05 bits per heavy atom. The van der Waals surface area contributed by atoms with Crippen molar-refractivity contribution < 1.29 is 18.3 Å². The number of benzene rings is 1.